The van der Waals surface area contributed by atoms with Crippen molar-refractivity contribution in [2.75, 3.05) is 0 Å². The highest BCUT2D eigenvalue weighted by Crippen LogP contribution is 2.32. The van der Waals surface area contributed by atoms with Gasteiger partial charge in [0.1, 0.15) is 0 Å². The van der Waals surface area contributed by atoms with Crippen molar-refractivity contribution in [1.29, 1.82) is 0 Å². The van der Waals surface area contributed by atoms with Gasteiger partial charge in [0.25, 0.3) is 0 Å². The zero-order valence-corrected chi connectivity index (χ0v) is 10.6. The quantitative estimate of drug-likeness (QED) is 0.911. The minimum absolute atomic E-state index is 0.507. The Morgan fingerprint density at radius 1 is 1.32 bits per heavy atom. The van der Waals surface area contributed by atoms with Crippen LogP contribution in [-0.4, -0.2) is 9.55 Å². The monoisotopic (exact) mass is 269 g/mol. The Morgan fingerprint density at radius 2 is 2.00 bits per heavy atom. The van der Waals surface area contributed by atoms with Gasteiger partial charge in [-0.2, -0.15) is 13.2 Å². The summed E-state index contributed by atoms with van der Waals surface area (Å²) in [5, 5.41) is 0. The highest BCUT2D eigenvalue weighted by atomic mass is 19.4. The fraction of sp³-hybridized carbons (Fsp3) is 0.308. The summed E-state index contributed by atoms with van der Waals surface area (Å²) in [5.74, 6) is 0. The minimum Gasteiger partial charge on any atom is -0.340 e. The number of halogens is 3. The van der Waals surface area contributed by atoms with E-state index in [1.165, 1.54) is 6.07 Å². The van der Waals surface area contributed by atoms with Crippen molar-refractivity contribution in [2.24, 2.45) is 12.8 Å². The molecule has 1 heterocycles. The lowest BCUT2D eigenvalue weighted by atomic mass is 9.97. The topological polar surface area (TPSA) is 43.8 Å². The lowest BCUT2D eigenvalue weighted by Gasteiger charge is -2.15. The van der Waals surface area contributed by atoms with Gasteiger partial charge < -0.3 is 10.3 Å². The van der Waals surface area contributed by atoms with Gasteiger partial charge in [-0.1, -0.05) is 6.07 Å². The molecule has 2 rings (SSSR count). The molecule has 1 unspecified atom stereocenters. The Morgan fingerprint density at radius 3 is 2.47 bits per heavy atom. The third-order valence-electron chi connectivity index (χ3n) is 2.98. The third-order valence-corrected chi connectivity index (χ3v) is 2.98. The van der Waals surface area contributed by atoms with E-state index in [1.807, 2.05) is 7.05 Å². The second-order valence-electron chi connectivity index (χ2n) is 4.51. The molecule has 1 aromatic heterocycles. The average Bonchev–Trinajstić information content (AvgIpc) is 2.73. The smallest absolute Gasteiger partial charge is 0.340 e. The third kappa shape index (κ3) is 2.78. The second kappa shape index (κ2) is 4.70. The number of benzene rings is 1. The molecule has 1 aromatic carbocycles. The summed E-state index contributed by atoms with van der Waals surface area (Å²) in [6.07, 6.45) is -0.977. The summed E-state index contributed by atoms with van der Waals surface area (Å²) in [4.78, 5) is 4.12. The molecule has 102 valence electrons. The van der Waals surface area contributed by atoms with E-state index >= 15 is 0 Å². The first kappa shape index (κ1) is 13.6. The normalized spacial score (nSPS) is 13.6. The van der Waals surface area contributed by atoms with Crippen LogP contribution in [-0.2, 0) is 13.2 Å². The molecule has 0 aliphatic heterocycles. The van der Waals surface area contributed by atoms with Gasteiger partial charge in [0.15, 0.2) is 0 Å². The molecule has 0 amide bonds. The first-order chi connectivity index (χ1) is 8.79. The number of aryl methyl sites for hydroxylation is 2. The molecular formula is C13H14F3N3. The van der Waals surface area contributed by atoms with Crippen LogP contribution in [0.2, 0.25) is 0 Å². The van der Waals surface area contributed by atoms with E-state index in [4.69, 9.17) is 5.73 Å². The largest absolute Gasteiger partial charge is 0.416 e. The Balaban J connectivity index is 2.36. The number of hydrogen-bond acceptors (Lipinski definition) is 2. The zero-order chi connectivity index (χ0) is 14.2. The van der Waals surface area contributed by atoms with Crippen LogP contribution < -0.4 is 5.73 Å². The van der Waals surface area contributed by atoms with Crippen LogP contribution in [0.1, 0.15) is 28.4 Å². The summed E-state index contributed by atoms with van der Waals surface area (Å²) in [7, 11) is 1.81. The van der Waals surface area contributed by atoms with Gasteiger partial charge in [-0.25, -0.2) is 4.98 Å². The average molecular weight is 269 g/mol. The SMILES string of the molecule is Cc1cc(C(F)(F)F)ccc1C(N)c1cn(C)cn1. The Labute approximate surface area is 108 Å². The Kier molecular flexibility index (Phi) is 3.36. The van der Waals surface area contributed by atoms with Crippen molar-refractivity contribution in [3.8, 4) is 0 Å². The number of imidazole rings is 1. The molecule has 19 heavy (non-hydrogen) atoms. The molecule has 2 N–H and O–H groups in total. The number of nitrogens with two attached hydrogens (primary N) is 1. The molecule has 0 bridgehead atoms. The van der Waals surface area contributed by atoms with E-state index in [9.17, 15) is 13.2 Å². The first-order valence-corrected chi connectivity index (χ1v) is 5.70. The van der Waals surface area contributed by atoms with Crippen LogP contribution in [0.25, 0.3) is 0 Å². The van der Waals surface area contributed by atoms with Crippen LogP contribution in [0.5, 0.6) is 0 Å². The molecular weight excluding hydrogens is 255 g/mol. The predicted octanol–water partition coefficient (Wildman–Crippen LogP) is 2.80. The first-order valence-electron chi connectivity index (χ1n) is 5.70. The van der Waals surface area contributed by atoms with Crippen LogP contribution in [0.15, 0.2) is 30.7 Å². The lowest BCUT2D eigenvalue weighted by molar-refractivity contribution is -0.137. The maximum Gasteiger partial charge on any atom is 0.416 e. The van der Waals surface area contributed by atoms with Crippen LogP contribution >= 0.6 is 0 Å². The van der Waals surface area contributed by atoms with Crippen molar-refractivity contribution in [3.05, 3.63) is 53.1 Å². The van der Waals surface area contributed by atoms with Crippen LogP contribution in [0.4, 0.5) is 13.2 Å². The maximum absolute atomic E-state index is 12.6. The summed E-state index contributed by atoms with van der Waals surface area (Å²) in [6, 6.07) is 3.05. The molecule has 0 saturated heterocycles. The Bertz CT molecular complexity index is 587. The van der Waals surface area contributed by atoms with Crippen molar-refractivity contribution < 1.29 is 13.2 Å². The van der Waals surface area contributed by atoms with Gasteiger partial charge in [-0.3, -0.25) is 0 Å². The fourth-order valence-corrected chi connectivity index (χ4v) is 1.95. The molecule has 0 radical (unpaired) electrons. The Hall–Kier alpha value is -1.82. The number of rotatable bonds is 2. The van der Waals surface area contributed by atoms with E-state index in [0.29, 0.717) is 16.8 Å². The van der Waals surface area contributed by atoms with E-state index in [0.717, 1.165) is 12.1 Å². The number of nitrogens with zero attached hydrogens (tertiary/aromatic N) is 2. The fourth-order valence-electron chi connectivity index (χ4n) is 1.95. The van der Waals surface area contributed by atoms with E-state index in [-0.39, 0.29) is 0 Å². The molecule has 1 atom stereocenters. The molecule has 0 saturated carbocycles. The van der Waals surface area contributed by atoms with Crippen LogP contribution in [0.3, 0.4) is 0 Å². The van der Waals surface area contributed by atoms with Gasteiger partial charge in [0.05, 0.1) is 23.6 Å². The highest BCUT2D eigenvalue weighted by molar-refractivity contribution is 5.37. The summed E-state index contributed by atoms with van der Waals surface area (Å²) < 4.78 is 39.5. The van der Waals surface area contributed by atoms with E-state index in [2.05, 4.69) is 4.98 Å². The summed E-state index contributed by atoms with van der Waals surface area (Å²) in [5.41, 5.74) is 7.15. The van der Waals surface area contributed by atoms with Crippen molar-refractivity contribution in [3.63, 3.8) is 0 Å². The highest BCUT2D eigenvalue weighted by Gasteiger charge is 2.31. The van der Waals surface area contributed by atoms with Gasteiger partial charge >= 0.3 is 6.18 Å². The van der Waals surface area contributed by atoms with Gasteiger partial charge in [-0.05, 0) is 30.2 Å². The van der Waals surface area contributed by atoms with Gasteiger partial charge in [-0.15, -0.1) is 0 Å². The van der Waals surface area contributed by atoms with Crippen molar-refractivity contribution in [1.82, 2.24) is 9.55 Å². The minimum atomic E-state index is -4.33. The second-order valence-corrected chi connectivity index (χ2v) is 4.51. The molecule has 0 aliphatic rings. The maximum atomic E-state index is 12.6. The molecule has 2 aromatic rings. The predicted molar refractivity (Wildman–Crippen MR) is 65.4 cm³/mol. The van der Waals surface area contributed by atoms with Crippen molar-refractivity contribution >= 4 is 0 Å². The van der Waals surface area contributed by atoms with Gasteiger partial charge in [0, 0.05) is 13.2 Å². The summed E-state index contributed by atoms with van der Waals surface area (Å²) in [6.45, 7) is 1.62. The van der Waals surface area contributed by atoms with Crippen LogP contribution in [0, 0.1) is 6.92 Å². The van der Waals surface area contributed by atoms with E-state index in [1.54, 1.807) is 24.0 Å². The van der Waals surface area contributed by atoms with Crippen molar-refractivity contribution in [2.45, 2.75) is 19.1 Å². The molecule has 3 nitrogen and oxygen atoms in total. The molecule has 6 heteroatoms. The number of alkyl halides is 3. The number of hydrogen-bond donors (Lipinski definition) is 1. The summed E-state index contributed by atoms with van der Waals surface area (Å²) >= 11 is 0. The molecule has 0 aliphatic carbocycles. The number of aromatic nitrogens is 2. The standard InChI is InChI=1S/C13H14F3N3/c1-8-5-9(13(14,15)16)3-4-10(8)12(17)11-6-19(2)7-18-11/h3-7,12H,17H2,1-2H3. The van der Waals surface area contributed by atoms with E-state index < -0.39 is 17.8 Å². The lowest BCUT2D eigenvalue weighted by Crippen LogP contribution is -2.15. The zero-order valence-electron chi connectivity index (χ0n) is 10.6. The molecule has 0 fully saturated rings. The van der Waals surface area contributed by atoms with Gasteiger partial charge in [0.2, 0.25) is 0 Å². The molecule has 0 spiro atoms.